The van der Waals surface area contributed by atoms with E-state index in [-0.39, 0.29) is 6.10 Å². The molecule has 2 rings (SSSR count). The highest BCUT2D eigenvalue weighted by Crippen LogP contribution is 2.12. The van der Waals surface area contributed by atoms with Gasteiger partial charge in [0.2, 0.25) is 0 Å². The summed E-state index contributed by atoms with van der Waals surface area (Å²) in [5.41, 5.74) is 2.58. The summed E-state index contributed by atoms with van der Waals surface area (Å²) in [7, 11) is 0. The van der Waals surface area contributed by atoms with Crippen molar-refractivity contribution in [1.29, 1.82) is 0 Å². The highest BCUT2D eigenvalue weighted by Gasteiger charge is 2.20. The molecule has 24 heavy (non-hydrogen) atoms. The Morgan fingerprint density at radius 2 is 1.79 bits per heavy atom. The SMILES string of the molecule is CC(C)OC(Cc1cccc(C#Cc2ccc(Cl)cc2)c1)C(=O)O. The zero-order chi connectivity index (χ0) is 17.5. The third-order valence-electron chi connectivity index (χ3n) is 3.26. The second-order valence-electron chi connectivity index (χ2n) is 5.67. The van der Waals surface area contributed by atoms with Gasteiger partial charge >= 0.3 is 5.97 Å². The van der Waals surface area contributed by atoms with E-state index in [4.69, 9.17) is 16.3 Å². The minimum absolute atomic E-state index is 0.140. The second-order valence-corrected chi connectivity index (χ2v) is 6.11. The second kappa shape index (κ2) is 8.54. The van der Waals surface area contributed by atoms with Crippen LogP contribution in [0.4, 0.5) is 0 Å². The van der Waals surface area contributed by atoms with Crippen molar-refractivity contribution in [3.8, 4) is 11.8 Å². The fourth-order valence-corrected chi connectivity index (χ4v) is 2.32. The van der Waals surface area contributed by atoms with Crippen molar-refractivity contribution in [1.82, 2.24) is 0 Å². The predicted octanol–water partition coefficient (Wildman–Crippen LogP) is 4.16. The van der Waals surface area contributed by atoms with Gasteiger partial charge in [0, 0.05) is 22.6 Å². The fraction of sp³-hybridized carbons (Fsp3) is 0.250. The smallest absolute Gasteiger partial charge is 0.333 e. The molecule has 0 aromatic heterocycles. The molecule has 2 aromatic rings. The molecule has 124 valence electrons. The molecule has 0 saturated heterocycles. The van der Waals surface area contributed by atoms with Gasteiger partial charge in [-0.25, -0.2) is 4.79 Å². The average Bonchev–Trinajstić information content (AvgIpc) is 2.53. The van der Waals surface area contributed by atoms with Crippen LogP contribution in [0.15, 0.2) is 48.5 Å². The van der Waals surface area contributed by atoms with Gasteiger partial charge in [-0.05, 0) is 55.8 Å². The molecule has 2 aromatic carbocycles. The number of hydrogen-bond donors (Lipinski definition) is 1. The number of aliphatic carboxylic acids is 1. The minimum atomic E-state index is -0.957. The number of hydrogen-bond acceptors (Lipinski definition) is 2. The van der Waals surface area contributed by atoms with Crippen LogP contribution in [0.25, 0.3) is 0 Å². The van der Waals surface area contributed by atoms with Gasteiger partial charge in [-0.3, -0.25) is 0 Å². The van der Waals surface area contributed by atoms with Crippen molar-refractivity contribution in [2.45, 2.75) is 32.5 Å². The summed E-state index contributed by atoms with van der Waals surface area (Å²) in [5, 5.41) is 9.94. The van der Waals surface area contributed by atoms with E-state index in [0.29, 0.717) is 11.4 Å². The molecular weight excluding hydrogens is 324 g/mol. The number of halogens is 1. The fourth-order valence-electron chi connectivity index (χ4n) is 2.19. The molecule has 0 heterocycles. The topological polar surface area (TPSA) is 46.5 Å². The molecule has 0 fully saturated rings. The summed E-state index contributed by atoms with van der Waals surface area (Å²) in [4.78, 5) is 11.3. The van der Waals surface area contributed by atoms with Crippen molar-refractivity contribution in [3.05, 3.63) is 70.2 Å². The van der Waals surface area contributed by atoms with E-state index in [9.17, 15) is 9.90 Å². The largest absolute Gasteiger partial charge is 0.479 e. The Morgan fingerprint density at radius 3 is 2.42 bits per heavy atom. The van der Waals surface area contributed by atoms with Crippen LogP contribution in [0.5, 0.6) is 0 Å². The van der Waals surface area contributed by atoms with Crippen molar-refractivity contribution in [2.24, 2.45) is 0 Å². The summed E-state index contributed by atoms with van der Waals surface area (Å²) in [6.07, 6.45) is -0.687. The number of rotatable bonds is 5. The molecule has 0 radical (unpaired) electrons. The van der Waals surface area contributed by atoms with Gasteiger partial charge < -0.3 is 9.84 Å². The van der Waals surface area contributed by atoms with E-state index in [1.807, 2.05) is 50.2 Å². The molecule has 0 aliphatic carbocycles. The van der Waals surface area contributed by atoms with Crippen LogP contribution in [-0.4, -0.2) is 23.3 Å². The maximum absolute atomic E-state index is 11.3. The number of carboxylic acids is 1. The number of carbonyl (C=O) groups is 1. The summed E-state index contributed by atoms with van der Waals surface area (Å²) in [5.74, 6) is 5.19. The molecular formula is C20H19ClO3. The predicted molar refractivity (Wildman–Crippen MR) is 95.2 cm³/mol. The monoisotopic (exact) mass is 342 g/mol. The molecule has 0 aliphatic rings. The average molecular weight is 343 g/mol. The Labute approximate surface area is 147 Å². The third-order valence-corrected chi connectivity index (χ3v) is 3.51. The molecule has 0 spiro atoms. The lowest BCUT2D eigenvalue weighted by atomic mass is 10.0. The molecule has 3 nitrogen and oxygen atoms in total. The van der Waals surface area contributed by atoms with Crippen LogP contribution < -0.4 is 0 Å². The summed E-state index contributed by atoms with van der Waals surface area (Å²) < 4.78 is 5.45. The van der Waals surface area contributed by atoms with E-state index in [0.717, 1.165) is 16.7 Å². The molecule has 0 aliphatic heterocycles. The Morgan fingerprint density at radius 1 is 1.12 bits per heavy atom. The Kier molecular flexibility index (Phi) is 6.43. The van der Waals surface area contributed by atoms with E-state index >= 15 is 0 Å². The molecule has 1 unspecified atom stereocenters. The van der Waals surface area contributed by atoms with Crippen LogP contribution in [0.3, 0.4) is 0 Å². The number of carboxylic acid groups (broad SMARTS) is 1. The van der Waals surface area contributed by atoms with Crippen LogP contribution >= 0.6 is 11.6 Å². The van der Waals surface area contributed by atoms with Crippen LogP contribution in [-0.2, 0) is 16.0 Å². The van der Waals surface area contributed by atoms with Crippen molar-refractivity contribution >= 4 is 17.6 Å². The van der Waals surface area contributed by atoms with Crippen LogP contribution in [0, 0.1) is 11.8 Å². The first-order valence-corrected chi connectivity index (χ1v) is 8.06. The summed E-state index contributed by atoms with van der Waals surface area (Å²) in [6.45, 7) is 3.65. The van der Waals surface area contributed by atoms with E-state index < -0.39 is 12.1 Å². The number of benzene rings is 2. The van der Waals surface area contributed by atoms with Crippen molar-refractivity contribution in [2.75, 3.05) is 0 Å². The van der Waals surface area contributed by atoms with Gasteiger partial charge in [0.15, 0.2) is 6.10 Å². The van der Waals surface area contributed by atoms with Gasteiger partial charge in [-0.2, -0.15) is 0 Å². The number of ether oxygens (including phenoxy) is 1. The molecule has 4 heteroatoms. The quantitative estimate of drug-likeness (QED) is 0.830. The Bertz CT molecular complexity index is 754. The summed E-state index contributed by atoms with van der Waals surface area (Å²) >= 11 is 5.85. The Balaban J connectivity index is 2.14. The minimum Gasteiger partial charge on any atom is -0.479 e. The maximum Gasteiger partial charge on any atom is 0.333 e. The molecule has 0 bridgehead atoms. The lowest BCUT2D eigenvalue weighted by Gasteiger charge is -2.16. The van der Waals surface area contributed by atoms with Crippen LogP contribution in [0.2, 0.25) is 5.02 Å². The van der Waals surface area contributed by atoms with Gasteiger partial charge in [-0.15, -0.1) is 0 Å². The zero-order valence-corrected chi connectivity index (χ0v) is 14.4. The van der Waals surface area contributed by atoms with Gasteiger partial charge in [0.05, 0.1) is 6.10 Å². The molecule has 1 atom stereocenters. The zero-order valence-electron chi connectivity index (χ0n) is 13.6. The standard InChI is InChI=1S/C20H19ClO3/c1-14(2)24-19(20(22)23)13-17-5-3-4-16(12-17)7-6-15-8-10-18(21)11-9-15/h3-5,8-12,14,19H,13H2,1-2H3,(H,22,23). The van der Waals surface area contributed by atoms with Gasteiger partial charge in [0.1, 0.15) is 0 Å². The van der Waals surface area contributed by atoms with Gasteiger partial charge in [-0.1, -0.05) is 35.6 Å². The first-order valence-electron chi connectivity index (χ1n) is 7.69. The normalized spacial score (nSPS) is 11.7. The third kappa shape index (κ3) is 5.73. The van der Waals surface area contributed by atoms with E-state index in [1.54, 1.807) is 12.1 Å². The maximum atomic E-state index is 11.3. The summed E-state index contributed by atoms with van der Waals surface area (Å²) in [6, 6.07) is 14.8. The first kappa shape index (κ1) is 18.1. The van der Waals surface area contributed by atoms with E-state index in [2.05, 4.69) is 11.8 Å². The molecule has 1 N–H and O–H groups in total. The lowest BCUT2D eigenvalue weighted by Crippen LogP contribution is -2.29. The van der Waals surface area contributed by atoms with Crippen molar-refractivity contribution < 1.29 is 14.6 Å². The lowest BCUT2D eigenvalue weighted by molar-refractivity contribution is -0.153. The van der Waals surface area contributed by atoms with E-state index in [1.165, 1.54) is 0 Å². The Hall–Kier alpha value is -2.28. The van der Waals surface area contributed by atoms with Gasteiger partial charge in [0.25, 0.3) is 0 Å². The molecule has 0 saturated carbocycles. The van der Waals surface area contributed by atoms with Crippen LogP contribution in [0.1, 0.15) is 30.5 Å². The van der Waals surface area contributed by atoms with Crippen molar-refractivity contribution in [3.63, 3.8) is 0 Å². The highest BCUT2D eigenvalue weighted by molar-refractivity contribution is 6.30. The highest BCUT2D eigenvalue weighted by atomic mass is 35.5. The first-order chi connectivity index (χ1) is 11.4. The molecule has 0 amide bonds.